The second-order valence-electron chi connectivity index (χ2n) is 4.60. The molecule has 0 bridgehead atoms. The molecule has 1 atom stereocenters. The lowest BCUT2D eigenvalue weighted by Crippen LogP contribution is -2.40. The molecular formula is C12H24N4O. The average Bonchev–Trinajstić information content (AvgIpc) is 2.36. The molecule has 3 N–H and O–H groups in total. The second-order valence-corrected chi connectivity index (χ2v) is 4.60. The van der Waals surface area contributed by atoms with Gasteiger partial charge in [0, 0.05) is 19.1 Å². The number of rotatable bonds is 4. The normalized spacial score (nSPS) is 18.9. The van der Waals surface area contributed by atoms with Crippen LogP contribution in [0.1, 0.15) is 39.5 Å². The number of nitrogens with two attached hydrogens (primary N) is 1. The first-order valence-corrected chi connectivity index (χ1v) is 6.47. The molecule has 0 aromatic rings. The zero-order valence-corrected chi connectivity index (χ0v) is 10.9. The van der Waals surface area contributed by atoms with Crippen LogP contribution in [0.4, 0.5) is 0 Å². The van der Waals surface area contributed by atoms with Crippen molar-refractivity contribution in [3.63, 3.8) is 0 Å². The molecule has 98 valence electrons. The molecule has 1 amide bonds. The molecule has 1 unspecified atom stereocenters. The van der Waals surface area contributed by atoms with E-state index in [2.05, 4.69) is 17.2 Å². The molecule has 17 heavy (non-hydrogen) atoms. The largest absolute Gasteiger partial charge is 0.370 e. The van der Waals surface area contributed by atoms with Gasteiger partial charge in [0.25, 0.3) is 0 Å². The Morgan fingerprint density at radius 1 is 1.41 bits per heavy atom. The maximum Gasteiger partial charge on any atom is 0.244 e. The Bertz CT molecular complexity index is 272. The van der Waals surface area contributed by atoms with E-state index in [1.807, 2.05) is 11.8 Å². The number of nitrogens with zero attached hydrogens (tertiary/aromatic N) is 2. The van der Waals surface area contributed by atoms with E-state index in [0.29, 0.717) is 12.0 Å². The maximum atomic E-state index is 11.8. The van der Waals surface area contributed by atoms with Gasteiger partial charge in [-0.1, -0.05) is 6.92 Å². The summed E-state index contributed by atoms with van der Waals surface area (Å²) in [5.74, 6) is 0.448. The summed E-state index contributed by atoms with van der Waals surface area (Å²) in [5, 5.41) is 3.04. The minimum Gasteiger partial charge on any atom is -0.370 e. The molecule has 0 aromatic heterocycles. The molecule has 1 saturated heterocycles. The van der Waals surface area contributed by atoms with E-state index >= 15 is 0 Å². The van der Waals surface area contributed by atoms with Crippen molar-refractivity contribution in [1.82, 2.24) is 10.2 Å². The molecular weight excluding hydrogens is 216 g/mol. The fourth-order valence-corrected chi connectivity index (χ4v) is 1.80. The summed E-state index contributed by atoms with van der Waals surface area (Å²) in [6.07, 6.45) is 4.42. The molecule has 1 heterocycles. The number of hydrogen-bond acceptors (Lipinski definition) is 2. The van der Waals surface area contributed by atoms with E-state index in [1.54, 1.807) is 0 Å². The molecule has 0 aromatic carbocycles. The zero-order valence-electron chi connectivity index (χ0n) is 10.9. The lowest BCUT2D eigenvalue weighted by atomic mass is 10.1. The molecule has 0 radical (unpaired) electrons. The molecule has 1 aliphatic heterocycles. The van der Waals surface area contributed by atoms with Crippen LogP contribution in [0.3, 0.4) is 0 Å². The predicted octanol–water partition coefficient (Wildman–Crippen LogP) is 0.702. The van der Waals surface area contributed by atoms with Crippen LogP contribution in [0.25, 0.3) is 0 Å². The minimum atomic E-state index is 0.0820. The Kier molecular flexibility index (Phi) is 5.80. The highest BCUT2D eigenvalue weighted by molar-refractivity contribution is 5.84. The lowest BCUT2D eigenvalue weighted by Gasteiger charge is -2.26. The minimum absolute atomic E-state index is 0.0820. The van der Waals surface area contributed by atoms with E-state index in [4.69, 9.17) is 5.73 Å². The summed E-state index contributed by atoms with van der Waals surface area (Å²) >= 11 is 0. The number of nitrogens with one attached hydrogen (secondary N) is 1. The van der Waals surface area contributed by atoms with Gasteiger partial charge in [-0.3, -0.25) is 4.79 Å². The van der Waals surface area contributed by atoms with E-state index in [1.165, 1.54) is 6.42 Å². The van der Waals surface area contributed by atoms with Crippen molar-refractivity contribution in [2.75, 3.05) is 19.6 Å². The van der Waals surface area contributed by atoms with Gasteiger partial charge in [-0.2, -0.15) is 0 Å². The van der Waals surface area contributed by atoms with Gasteiger partial charge in [0.2, 0.25) is 5.91 Å². The summed E-state index contributed by atoms with van der Waals surface area (Å²) in [4.78, 5) is 17.8. The van der Waals surface area contributed by atoms with Gasteiger partial charge < -0.3 is 16.0 Å². The standard InChI is InChI=1S/C12H24N4O/c1-3-10(2)15-12(13)14-9-11(17)16-7-5-4-6-8-16/h10H,3-9H2,1-2H3,(H3,13,14,15). The SMILES string of the molecule is CCC(C)NC(N)=NCC(=O)N1CCCCC1. The summed E-state index contributed by atoms with van der Waals surface area (Å²) < 4.78 is 0. The number of amides is 1. The van der Waals surface area contributed by atoms with Gasteiger partial charge in [-0.25, -0.2) is 4.99 Å². The number of aliphatic imine (C=N–C) groups is 1. The first-order chi connectivity index (χ1) is 8.13. The highest BCUT2D eigenvalue weighted by Gasteiger charge is 2.15. The molecule has 0 aliphatic carbocycles. The smallest absolute Gasteiger partial charge is 0.244 e. The number of carbonyl (C=O) groups excluding carboxylic acids is 1. The van der Waals surface area contributed by atoms with Crippen molar-refractivity contribution in [1.29, 1.82) is 0 Å². The van der Waals surface area contributed by atoms with Gasteiger partial charge in [0.15, 0.2) is 5.96 Å². The van der Waals surface area contributed by atoms with Gasteiger partial charge in [0.1, 0.15) is 6.54 Å². The van der Waals surface area contributed by atoms with E-state index in [-0.39, 0.29) is 12.5 Å². The van der Waals surface area contributed by atoms with Crippen LogP contribution in [0.2, 0.25) is 0 Å². The van der Waals surface area contributed by atoms with Crippen LogP contribution in [-0.4, -0.2) is 42.4 Å². The molecule has 5 nitrogen and oxygen atoms in total. The Labute approximate surface area is 103 Å². The van der Waals surface area contributed by atoms with Crippen molar-refractivity contribution in [3.8, 4) is 0 Å². The Morgan fingerprint density at radius 3 is 2.65 bits per heavy atom. The number of likely N-dealkylation sites (tertiary alicyclic amines) is 1. The van der Waals surface area contributed by atoms with Crippen LogP contribution >= 0.6 is 0 Å². The molecule has 1 rings (SSSR count). The summed E-state index contributed by atoms with van der Waals surface area (Å²) in [7, 11) is 0. The van der Waals surface area contributed by atoms with Gasteiger partial charge in [-0.15, -0.1) is 0 Å². The van der Waals surface area contributed by atoms with Crippen LogP contribution in [0.5, 0.6) is 0 Å². The van der Waals surface area contributed by atoms with E-state index in [0.717, 1.165) is 32.4 Å². The third-order valence-electron chi connectivity index (χ3n) is 3.10. The van der Waals surface area contributed by atoms with E-state index in [9.17, 15) is 4.79 Å². The van der Waals surface area contributed by atoms with Crippen LogP contribution < -0.4 is 11.1 Å². The third kappa shape index (κ3) is 5.06. The van der Waals surface area contributed by atoms with Crippen molar-refractivity contribution in [2.45, 2.75) is 45.6 Å². The average molecular weight is 240 g/mol. The summed E-state index contributed by atoms with van der Waals surface area (Å²) in [6, 6.07) is 0.295. The van der Waals surface area contributed by atoms with Crippen molar-refractivity contribution in [3.05, 3.63) is 0 Å². The van der Waals surface area contributed by atoms with Crippen molar-refractivity contribution >= 4 is 11.9 Å². The molecule has 1 fully saturated rings. The highest BCUT2D eigenvalue weighted by atomic mass is 16.2. The first kappa shape index (κ1) is 13.8. The predicted molar refractivity (Wildman–Crippen MR) is 69.8 cm³/mol. The molecule has 0 spiro atoms. The van der Waals surface area contributed by atoms with Gasteiger partial charge in [-0.05, 0) is 32.6 Å². The van der Waals surface area contributed by atoms with Gasteiger partial charge >= 0.3 is 0 Å². The topological polar surface area (TPSA) is 70.7 Å². The highest BCUT2D eigenvalue weighted by Crippen LogP contribution is 2.08. The zero-order chi connectivity index (χ0) is 12.7. The maximum absolute atomic E-state index is 11.8. The molecule has 0 saturated carbocycles. The fraction of sp³-hybridized carbons (Fsp3) is 0.833. The first-order valence-electron chi connectivity index (χ1n) is 6.47. The van der Waals surface area contributed by atoms with Crippen LogP contribution in [0.15, 0.2) is 4.99 Å². The Hall–Kier alpha value is -1.26. The summed E-state index contributed by atoms with van der Waals surface area (Å²) in [5.41, 5.74) is 5.70. The quantitative estimate of drug-likeness (QED) is 0.561. The number of carbonyl (C=O) groups is 1. The van der Waals surface area contributed by atoms with Crippen LogP contribution in [0, 0.1) is 0 Å². The Balaban J connectivity index is 2.32. The lowest BCUT2D eigenvalue weighted by molar-refractivity contribution is -0.130. The summed E-state index contributed by atoms with van der Waals surface area (Å²) in [6.45, 7) is 6.01. The van der Waals surface area contributed by atoms with Crippen LogP contribution in [-0.2, 0) is 4.79 Å². The second kappa shape index (κ2) is 7.14. The van der Waals surface area contributed by atoms with Crippen molar-refractivity contribution in [2.24, 2.45) is 10.7 Å². The number of guanidine groups is 1. The third-order valence-corrected chi connectivity index (χ3v) is 3.10. The Morgan fingerprint density at radius 2 is 2.06 bits per heavy atom. The van der Waals surface area contributed by atoms with E-state index < -0.39 is 0 Å². The number of hydrogen-bond donors (Lipinski definition) is 2. The number of piperidine rings is 1. The van der Waals surface area contributed by atoms with Gasteiger partial charge in [0.05, 0.1) is 0 Å². The van der Waals surface area contributed by atoms with Crippen molar-refractivity contribution < 1.29 is 4.79 Å². The molecule has 1 aliphatic rings. The fourth-order valence-electron chi connectivity index (χ4n) is 1.80. The monoisotopic (exact) mass is 240 g/mol. The molecule has 5 heteroatoms.